The van der Waals surface area contributed by atoms with E-state index in [0.717, 1.165) is 5.56 Å². The largest absolute Gasteiger partial charge is 0.550 e. The standard InChI is InChI=1S/C17H15NO6/c19-15-14-13(16(20)21)11-3-4-17(14,24-11)7-18(15)6-9-1-2-10-12(5-9)23-8-22-10/h1-5,11,13-14H,6-8H2,(H,20,21)/p-1/t11-,13-,14-,17-/m1/s1. The van der Waals surface area contributed by atoms with Gasteiger partial charge in [0.05, 0.1) is 18.6 Å². The Bertz CT molecular complexity index is 789. The first-order chi connectivity index (χ1) is 11.6. The van der Waals surface area contributed by atoms with Crippen LogP contribution in [0.5, 0.6) is 11.5 Å². The van der Waals surface area contributed by atoms with Gasteiger partial charge in [-0.2, -0.15) is 0 Å². The highest BCUT2D eigenvalue weighted by atomic mass is 16.7. The molecule has 1 amide bonds. The van der Waals surface area contributed by atoms with E-state index in [-0.39, 0.29) is 12.7 Å². The molecular formula is C17H14NO6-. The highest BCUT2D eigenvalue weighted by Crippen LogP contribution is 2.51. The van der Waals surface area contributed by atoms with Crippen molar-refractivity contribution in [1.29, 1.82) is 0 Å². The van der Waals surface area contributed by atoms with Crippen molar-refractivity contribution < 1.29 is 28.9 Å². The summed E-state index contributed by atoms with van der Waals surface area (Å²) in [6.45, 7) is 0.914. The summed E-state index contributed by atoms with van der Waals surface area (Å²) in [6, 6.07) is 5.52. The molecule has 0 N–H and O–H groups in total. The molecule has 7 nitrogen and oxygen atoms in total. The molecule has 0 saturated carbocycles. The highest BCUT2D eigenvalue weighted by Gasteiger charge is 2.65. The number of carbonyl (C=O) groups is 2. The lowest BCUT2D eigenvalue weighted by Crippen LogP contribution is -2.45. The SMILES string of the molecule is O=C([O-])[C@@H]1[C@H]2C=C[C@]3(CN(Cc4ccc5c(c4)OCO5)C(=O)[C@@H]13)O2. The maximum atomic E-state index is 12.8. The van der Waals surface area contributed by atoms with Gasteiger partial charge in [-0.25, -0.2) is 0 Å². The number of carboxylic acid groups (broad SMARTS) is 1. The fourth-order valence-corrected chi connectivity index (χ4v) is 4.24. The lowest BCUT2D eigenvalue weighted by molar-refractivity contribution is -0.313. The Kier molecular flexibility index (Phi) is 2.60. The molecule has 1 spiro atoms. The number of fused-ring (bicyclic) bond motifs is 2. The number of carbonyl (C=O) groups excluding carboxylic acids is 2. The maximum absolute atomic E-state index is 12.8. The summed E-state index contributed by atoms with van der Waals surface area (Å²) >= 11 is 0. The molecule has 4 aliphatic heterocycles. The van der Waals surface area contributed by atoms with Crippen molar-refractivity contribution >= 4 is 11.9 Å². The van der Waals surface area contributed by atoms with Crippen LogP contribution in [0.3, 0.4) is 0 Å². The molecule has 1 aromatic rings. The summed E-state index contributed by atoms with van der Waals surface area (Å²) in [5.74, 6) is -1.70. The van der Waals surface area contributed by atoms with E-state index in [1.54, 1.807) is 11.0 Å². The second-order valence-electron chi connectivity index (χ2n) is 6.60. The number of hydrogen-bond acceptors (Lipinski definition) is 6. The fourth-order valence-electron chi connectivity index (χ4n) is 4.24. The summed E-state index contributed by atoms with van der Waals surface area (Å²) in [5, 5.41) is 11.4. The van der Waals surface area contributed by atoms with E-state index in [1.165, 1.54) is 0 Å². The third-order valence-electron chi connectivity index (χ3n) is 5.26. The Labute approximate surface area is 137 Å². The zero-order chi connectivity index (χ0) is 16.5. The van der Waals surface area contributed by atoms with Crippen LogP contribution in [-0.2, 0) is 20.9 Å². The van der Waals surface area contributed by atoms with Crippen LogP contribution in [0.4, 0.5) is 0 Å². The van der Waals surface area contributed by atoms with E-state index in [4.69, 9.17) is 14.2 Å². The molecule has 0 radical (unpaired) electrons. The first-order valence-corrected chi connectivity index (χ1v) is 7.83. The Morgan fingerprint density at radius 3 is 3.00 bits per heavy atom. The van der Waals surface area contributed by atoms with E-state index >= 15 is 0 Å². The van der Waals surface area contributed by atoms with E-state index < -0.39 is 29.5 Å². The average Bonchev–Trinajstić information content (AvgIpc) is 3.28. The molecule has 4 heterocycles. The van der Waals surface area contributed by atoms with E-state index in [9.17, 15) is 14.7 Å². The average molecular weight is 328 g/mol. The van der Waals surface area contributed by atoms with Gasteiger partial charge in [-0.1, -0.05) is 18.2 Å². The molecule has 0 aliphatic carbocycles. The maximum Gasteiger partial charge on any atom is 0.231 e. The number of nitrogens with zero attached hydrogens (tertiary/aromatic N) is 1. The van der Waals surface area contributed by atoms with Crippen molar-refractivity contribution in [2.75, 3.05) is 13.3 Å². The zero-order valence-electron chi connectivity index (χ0n) is 12.6. The van der Waals surface area contributed by atoms with Crippen LogP contribution >= 0.6 is 0 Å². The number of benzene rings is 1. The molecule has 24 heavy (non-hydrogen) atoms. The molecule has 0 aromatic heterocycles. The normalized spacial score (nSPS) is 34.9. The quantitative estimate of drug-likeness (QED) is 0.692. The molecule has 4 atom stereocenters. The van der Waals surface area contributed by atoms with Gasteiger partial charge >= 0.3 is 0 Å². The Hall–Kier alpha value is -2.54. The van der Waals surface area contributed by atoms with Gasteiger partial charge < -0.3 is 29.0 Å². The number of hydrogen-bond donors (Lipinski definition) is 0. The van der Waals surface area contributed by atoms with Crippen LogP contribution < -0.4 is 14.6 Å². The van der Waals surface area contributed by atoms with Crippen molar-refractivity contribution in [3.05, 3.63) is 35.9 Å². The van der Waals surface area contributed by atoms with Crippen molar-refractivity contribution in [2.45, 2.75) is 18.2 Å². The minimum Gasteiger partial charge on any atom is -0.550 e. The molecule has 5 rings (SSSR count). The molecule has 1 aromatic carbocycles. The van der Waals surface area contributed by atoms with Gasteiger partial charge in [0.2, 0.25) is 12.7 Å². The number of carboxylic acids is 1. The Morgan fingerprint density at radius 2 is 2.17 bits per heavy atom. The van der Waals surface area contributed by atoms with E-state index in [2.05, 4.69) is 0 Å². The van der Waals surface area contributed by atoms with Gasteiger partial charge in [-0.05, 0) is 17.7 Å². The van der Waals surface area contributed by atoms with Gasteiger partial charge in [0, 0.05) is 18.4 Å². The van der Waals surface area contributed by atoms with Crippen LogP contribution in [0.15, 0.2) is 30.4 Å². The smallest absolute Gasteiger partial charge is 0.231 e. The molecule has 2 saturated heterocycles. The van der Waals surface area contributed by atoms with Crippen LogP contribution in [0, 0.1) is 11.8 Å². The summed E-state index contributed by atoms with van der Waals surface area (Å²) in [6.07, 6.45) is 3.00. The van der Waals surface area contributed by atoms with Gasteiger partial charge in [0.15, 0.2) is 11.5 Å². The van der Waals surface area contributed by atoms with Gasteiger partial charge in [0.1, 0.15) is 5.60 Å². The number of rotatable bonds is 3. The van der Waals surface area contributed by atoms with Gasteiger partial charge in [-0.3, -0.25) is 4.79 Å². The molecule has 124 valence electrons. The third-order valence-corrected chi connectivity index (χ3v) is 5.26. The number of likely N-dealkylation sites (tertiary alicyclic amines) is 1. The second kappa shape index (κ2) is 4.51. The minimum absolute atomic E-state index is 0.194. The zero-order valence-corrected chi connectivity index (χ0v) is 12.6. The fraction of sp³-hybridized carbons (Fsp3) is 0.412. The number of amides is 1. The molecule has 7 heteroatoms. The monoisotopic (exact) mass is 328 g/mol. The summed E-state index contributed by atoms with van der Waals surface area (Å²) in [4.78, 5) is 25.9. The lowest BCUT2D eigenvalue weighted by Gasteiger charge is -2.24. The number of aliphatic carboxylic acids is 1. The number of ether oxygens (including phenoxy) is 3. The summed E-state index contributed by atoms with van der Waals surface area (Å²) in [7, 11) is 0. The van der Waals surface area contributed by atoms with E-state index in [0.29, 0.717) is 24.6 Å². The van der Waals surface area contributed by atoms with Crippen molar-refractivity contribution in [1.82, 2.24) is 4.90 Å². The predicted molar refractivity (Wildman–Crippen MR) is 76.7 cm³/mol. The second-order valence-corrected chi connectivity index (χ2v) is 6.60. The summed E-state index contributed by atoms with van der Waals surface area (Å²) < 4.78 is 16.5. The van der Waals surface area contributed by atoms with Crippen molar-refractivity contribution in [3.63, 3.8) is 0 Å². The van der Waals surface area contributed by atoms with Crippen LogP contribution in [-0.4, -0.2) is 41.8 Å². The summed E-state index contributed by atoms with van der Waals surface area (Å²) in [5.41, 5.74) is 0.0653. The topological polar surface area (TPSA) is 88.1 Å². The van der Waals surface area contributed by atoms with Crippen molar-refractivity contribution in [2.24, 2.45) is 11.8 Å². The Balaban J connectivity index is 1.42. The molecule has 0 unspecified atom stereocenters. The van der Waals surface area contributed by atoms with Gasteiger partial charge in [-0.15, -0.1) is 0 Å². The predicted octanol–water partition coefficient (Wildman–Crippen LogP) is -0.553. The molecular weight excluding hydrogens is 314 g/mol. The lowest BCUT2D eigenvalue weighted by atomic mass is 9.77. The first kappa shape index (κ1) is 13.9. The van der Waals surface area contributed by atoms with Crippen LogP contribution in [0.2, 0.25) is 0 Å². The first-order valence-electron chi connectivity index (χ1n) is 7.83. The molecule has 2 bridgehead atoms. The van der Waals surface area contributed by atoms with E-state index in [1.807, 2.05) is 24.3 Å². The van der Waals surface area contributed by atoms with Crippen molar-refractivity contribution in [3.8, 4) is 11.5 Å². The van der Waals surface area contributed by atoms with Crippen LogP contribution in [0.1, 0.15) is 5.56 Å². The Morgan fingerprint density at radius 1 is 1.33 bits per heavy atom. The van der Waals surface area contributed by atoms with Gasteiger partial charge in [0.25, 0.3) is 0 Å². The third kappa shape index (κ3) is 1.70. The molecule has 4 aliphatic rings. The van der Waals surface area contributed by atoms with Crippen LogP contribution in [0.25, 0.3) is 0 Å². The molecule has 2 fully saturated rings. The minimum atomic E-state index is -1.23. The highest BCUT2D eigenvalue weighted by molar-refractivity contribution is 5.90.